The predicted molar refractivity (Wildman–Crippen MR) is 77.6 cm³/mol. The monoisotopic (exact) mass is 238 g/mol. The van der Waals surface area contributed by atoms with Gasteiger partial charge in [-0.3, -0.25) is 0 Å². The molecule has 2 aromatic carbocycles. The van der Waals surface area contributed by atoms with E-state index in [2.05, 4.69) is 64.8 Å². The first-order valence-electron chi connectivity index (χ1n) is 6.61. The van der Waals surface area contributed by atoms with Gasteiger partial charge >= 0.3 is 0 Å². The summed E-state index contributed by atoms with van der Waals surface area (Å²) in [6.07, 6.45) is 2.44. The van der Waals surface area contributed by atoms with Gasteiger partial charge in [0.25, 0.3) is 0 Å². The second kappa shape index (κ2) is 5.13. The summed E-state index contributed by atoms with van der Waals surface area (Å²) in [6.45, 7) is 2.16. The van der Waals surface area contributed by atoms with Crippen molar-refractivity contribution in [3.63, 3.8) is 0 Å². The van der Waals surface area contributed by atoms with Crippen LogP contribution >= 0.6 is 0 Å². The Balaban J connectivity index is 2.04. The summed E-state index contributed by atoms with van der Waals surface area (Å²) in [5.74, 6) is 0. The third-order valence-corrected chi connectivity index (χ3v) is 3.39. The Labute approximate surface area is 108 Å². The maximum Gasteiger partial charge on any atom is 0.0646 e. The van der Waals surface area contributed by atoms with Gasteiger partial charge in [-0.05, 0) is 37.1 Å². The van der Waals surface area contributed by atoms with Gasteiger partial charge in [-0.25, -0.2) is 0 Å². The molecule has 3 rings (SSSR count). The molecule has 0 aromatic heterocycles. The molecule has 1 heterocycles. The predicted octanol–water partition coefficient (Wildman–Crippen LogP) is 4.03. The first-order valence-corrected chi connectivity index (χ1v) is 6.61. The lowest BCUT2D eigenvalue weighted by Crippen LogP contribution is -2.23. The molecule has 1 N–H and O–H groups in total. The molecule has 0 radical (unpaired) electrons. The highest BCUT2D eigenvalue weighted by molar-refractivity contribution is 5.76. The lowest BCUT2D eigenvalue weighted by molar-refractivity contribution is 0.747. The molecule has 0 atom stereocenters. The number of anilines is 3. The van der Waals surface area contributed by atoms with Crippen LogP contribution in [-0.2, 0) is 0 Å². The van der Waals surface area contributed by atoms with E-state index in [4.69, 9.17) is 0 Å². The molecule has 0 bridgehead atoms. The Kier molecular flexibility index (Phi) is 3.18. The van der Waals surface area contributed by atoms with Crippen molar-refractivity contribution in [1.29, 1.82) is 0 Å². The molecule has 0 saturated heterocycles. The lowest BCUT2D eigenvalue weighted by Gasteiger charge is -2.29. The van der Waals surface area contributed by atoms with Crippen LogP contribution in [0, 0.1) is 0 Å². The van der Waals surface area contributed by atoms with E-state index < -0.39 is 0 Å². The van der Waals surface area contributed by atoms with Gasteiger partial charge in [-0.2, -0.15) is 0 Å². The second-order valence-electron chi connectivity index (χ2n) is 4.64. The van der Waals surface area contributed by atoms with E-state index in [0.717, 1.165) is 13.1 Å². The summed E-state index contributed by atoms with van der Waals surface area (Å²) in [5, 5.41) is 3.52. The number of fused-ring (bicyclic) bond motifs is 1. The van der Waals surface area contributed by atoms with Gasteiger partial charge in [0.1, 0.15) is 0 Å². The smallest absolute Gasteiger partial charge is 0.0646 e. The number of rotatable bonds is 1. The van der Waals surface area contributed by atoms with Gasteiger partial charge < -0.3 is 10.2 Å². The van der Waals surface area contributed by atoms with Crippen LogP contribution < -0.4 is 10.2 Å². The molecule has 2 heteroatoms. The number of nitrogens with zero attached hydrogens (tertiary/aromatic N) is 1. The summed E-state index contributed by atoms with van der Waals surface area (Å²) in [4.78, 5) is 2.40. The fourth-order valence-electron chi connectivity index (χ4n) is 2.47. The van der Waals surface area contributed by atoms with Crippen molar-refractivity contribution in [2.75, 3.05) is 23.3 Å². The highest BCUT2D eigenvalue weighted by atomic mass is 15.2. The van der Waals surface area contributed by atoms with E-state index in [1.54, 1.807) is 0 Å². The molecular weight excluding hydrogens is 220 g/mol. The standard InChI is InChI=1S/C16H18N2/c1-2-8-14(9-3-1)18-13-7-6-12-17-15-10-4-5-11-16(15)18/h1-5,8-11,17H,6-7,12-13H2. The van der Waals surface area contributed by atoms with Crippen molar-refractivity contribution < 1.29 is 0 Å². The van der Waals surface area contributed by atoms with Crippen LogP contribution in [0.5, 0.6) is 0 Å². The Morgan fingerprint density at radius 2 is 1.61 bits per heavy atom. The summed E-state index contributed by atoms with van der Waals surface area (Å²) in [6, 6.07) is 19.2. The fraction of sp³-hybridized carbons (Fsp3) is 0.250. The van der Waals surface area contributed by atoms with E-state index in [0.29, 0.717) is 0 Å². The quantitative estimate of drug-likeness (QED) is 0.807. The van der Waals surface area contributed by atoms with Crippen molar-refractivity contribution in [3.05, 3.63) is 54.6 Å². The van der Waals surface area contributed by atoms with Crippen LogP contribution in [0.1, 0.15) is 12.8 Å². The van der Waals surface area contributed by atoms with Gasteiger partial charge in [0, 0.05) is 18.8 Å². The Bertz CT molecular complexity index is 508. The van der Waals surface area contributed by atoms with Crippen LogP contribution in [0.25, 0.3) is 0 Å². The van der Waals surface area contributed by atoms with E-state index in [1.165, 1.54) is 29.9 Å². The Morgan fingerprint density at radius 1 is 0.833 bits per heavy atom. The fourth-order valence-corrected chi connectivity index (χ4v) is 2.47. The minimum atomic E-state index is 1.07. The number of hydrogen-bond acceptors (Lipinski definition) is 2. The molecule has 0 saturated carbocycles. The topological polar surface area (TPSA) is 15.3 Å². The van der Waals surface area contributed by atoms with Crippen molar-refractivity contribution in [1.82, 2.24) is 0 Å². The summed E-state index contributed by atoms with van der Waals surface area (Å²) in [5.41, 5.74) is 3.79. The molecule has 0 spiro atoms. The summed E-state index contributed by atoms with van der Waals surface area (Å²) >= 11 is 0. The minimum absolute atomic E-state index is 1.07. The molecule has 0 fully saturated rings. The Morgan fingerprint density at radius 3 is 2.50 bits per heavy atom. The van der Waals surface area contributed by atoms with E-state index in [-0.39, 0.29) is 0 Å². The molecule has 92 valence electrons. The molecule has 2 aromatic rings. The lowest BCUT2D eigenvalue weighted by atomic mass is 10.1. The third kappa shape index (κ3) is 2.19. The molecule has 2 nitrogen and oxygen atoms in total. The van der Waals surface area contributed by atoms with Crippen LogP contribution in [0.15, 0.2) is 54.6 Å². The van der Waals surface area contributed by atoms with Gasteiger partial charge in [0.15, 0.2) is 0 Å². The normalized spacial score (nSPS) is 15.2. The van der Waals surface area contributed by atoms with Crippen LogP contribution in [0.2, 0.25) is 0 Å². The zero-order chi connectivity index (χ0) is 12.2. The summed E-state index contributed by atoms with van der Waals surface area (Å²) in [7, 11) is 0. The SMILES string of the molecule is c1ccc(N2CCCCNc3ccccc32)cc1. The maximum atomic E-state index is 3.52. The van der Waals surface area contributed by atoms with E-state index in [1.807, 2.05) is 0 Å². The maximum absolute atomic E-state index is 3.52. The van der Waals surface area contributed by atoms with Crippen LogP contribution in [-0.4, -0.2) is 13.1 Å². The molecule has 1 aliphatic heterocycles. The number of nitrogens with one attached hydrogen (secondary N) is 1. The first kappa shape index (κ1) is 11.1. The highest BCUT2D eigenvalue weighted by Crippen LogP contribution is 2.33. The number of para-hydroxylation sites is 3. The van der Waals surface area contributed by atoms with Crippen molar-refractivity contribution >= 4 is 17.1 Å². The van der Waals surface area contributed by atoms with Gasteiger partial charge in [0.2, 0.25) is 0 Å². The number of hydrogen-bond donors (Lipinski definition) is 1. The minimum Gasteiger partial charge on any atom is -0.383 e. The van der Waals surface area contributed by atoms with Crippen molar-refractivity contribution in [2.45, 2.75) is 12.8 Å². The summed E-state index contributed by atoms with van der Waals surface area (Å²) < 4.78 is 0. The molecular formula is C16H18N2. The zero-order valence-corrected chi connectivity index (χ0v) is 10.5. The molecule has 1 aliphatic rings. The molecule has 18 heavy (non-hydrogen) atoms. The van der Waals surface area contributed by atoms with E-state index in [9.17, 15) is 0 Å². The van der Waals surface area contributed by atoms with E-state index >= 15 is 0 Å². The molecule has 0 aliphatic carbocycles. The Hall–Kier alpha value is -1.96. The van der Waals surface area contributed by atoms with Crippen LogP contribution in [0.4, 0.5) is 17.1 Å². The second-order valence-corrected chi connectivity index (χ2v) is 4.64. The van der Waals surface area contributed by atoms with Gasteiger partial charge in [0.05, 0.1) is 11.4 Å². The average Bonchev–Trinajstić information content (AvgIpc) is 2.41. The zero-order valence-electron chi connectivity index (χ0n) is 10.5. The highest BCUT2D eigenvalue weighted by Gasteiger charge is 2.14. The van der Waals surface area contributed by atoms with Gasteiger partial charge in [-0.15, -0.1) is 0 Å². The van der Waals surface area contributed by atoms with Crippen LogP contribution in [0.3, 0.4) is 0 Å². The van der Waals surface area contributed by atoms with Crippen molar-refractivity contribution in [3.8, 4) is 0 Å². The first-order chi connectivity index (χ1) is 8.95. The third-order valence-electron chi connectivity index (χ3n) is 3.39. The average molecular weight is 238 g/mol. The number of benzene rings is 2. The molecule has 0 unspecified atom stereocenters. The van der Waals surface area contributed by atoms with Gasteiger partial charge in [-0.1, -0.05) is 30.3 Å². The molecule has 0 amide bonds. The largest absolute Gasteiger partial charge is 0.383 e. The van der Waals surface area contributed by atoms with Crippen molar-refractivity contribution in [2.24, 2.45) is 0 Å².